The molecule has 0 atom stereocenters. The van der Waals surface area contributed by atoms with E-state index in [0.717, 1.165) is 14.0 Å². The van der Waals surface area contributed by atoms with Gasteiger partial charge in [-0.3, -0.25) is 9.59 Å². The number of anilines is 1. The van der Waals surface area contributed by atoms with Crippen molar-refractivity contribution in [3.63, 3.8) is 0 Å². The molecule has 0 saturated carbocycles. The number of carbonyl (C=O) groups excluding carboxylic acids is 2. The lowest BCUT2D eigenvalue weighted by atomic mass is 10.2. The number of thiophene rings is 1. The van der Waals surface area contributed by atoms with Gasteiger partial charge in [-0.2, -0.15) is 0 Å². The van der Waals surface area contributed by atoms with E-state index in [0.29, 0.717) is 23.0 Å². The summed E-state index contributed by atoms with van der Waals surface area (Å²) in [7, 11) is 0. The Labute approximate surface area is 174 Å². The smallest absolute Gasteiger partial charge is 0.312 e. The van der Waals surface area contributed by atoms with Crippen LogP contribution in [0.2, 0.25) is 0 Å². The molecule has 1 aromatic carbocycles. The number of amides is 1. The zero-order valence-electron chi connectivity index (χ0n) is 14.7. The molecule has 0 aliphatic rings. The van der Waals surface area contributed by atoms with E-state index in [1.165, 1.54) is 11.3 Å². The number of halogens is 1. The van der Waals surface area contributed by atoms with Crippen LogP contribution in [-0.4, -0.2) is 23.5 Å². The fraction of sp³-hybridized carbons (Fsp3) is 0.211. The van der Waals surface area contributed by atoms with Crippen molar-refractivity contribution in [2.75, 3.05) is 11.9 Å². The van der Waals surface area contributed by atoms with Crippen molar-refractivity contribution in [3.05, 3.63) is 56.3 Å². The van der Waals surface area contributed by atoms with E-state index in [1.807, 2.05) is 42.6 Å². The molecule has 0 radical (unpaired) electrons. The molecule has 140 valence electrons. The Morgan fingerprint density at radius 3 is 2.81 bits per heavy atom. The van der Waals surface area contributed by atoms with Gasteiger partial charge in [-0.25, -0.2) is 4.98 Å². The number of oxazole rings is 1. The number of rotatable bonds is 6. The lowest BCUT2D eigenvalue weighted by Gasteiger charge is -2.09. The minimum absolute atomic E-state index is 0.0451. The van der Waals surface area contributed by atoms with Crippen LogP contribution < -0.4 is 5.32 Å². The third-order valence-electron chi connectivity index (χ3n) is 3.76. The quantitative estimate of drug-likeness (QED) is 0.406. The summed E-state index contributed by atoms with van der Waals surface area (Å²) < 4.78 is 11.7. The molecule has 0 saturated heterocycles. The predicted molar refractivity (Wildman–Crippen MR) is 112 cm³/mol. The average Bonchev–Trinajstić information content (AvgIpc) is 3.26. The van der Waals surface area contributed by atoms with Crippen molar-refractivity contribution >= 4 is 51.5 Å². The van der Waals surface area contributed by atoms with Gasteiger partial charge in [-0.1, -0.05) is 6.07 Å². The van der Waals surface area contributed by atoms with E-state index >= 15 is 0 Å². The highest BCUT2D eigenvalue weighted by molar-refractivity contribution is 14.1. The Bertz CT molecular complexity index is 966. The number of aromatic nitrogens is 1. The van der Waals surface area contributed by atoms with Crippen LogP contribution >= 0.6 is 33.9 Å². The van der Waals surface area contributed by atoms with E-state index in [4.69, 9.17) is 9.15 Å². The lowest BCUT2D eigenvalue weighted by Crippen LogP contribution is -2.22. The van der Waals surface area contributed by atoms with Gasteiger partial charge in [0.15, 0.2) is 6.61 Å². The number of hydrogen-bond acceptors (Lipinski definition) is 6. The first-order valence-electron chi connectivity index (χ1n) is 8.14. The number of ether oxygens (including phenoxy) is 1. The summed E-state index contributed by atoms with van der Waals surface area (Å²) in [5, 5.41) is 4.67. The molecule has 1 N–H and O–H groups in total. The Kier molecular flexibility index (Phi) is 6.27. The second-order valence-corrected chi connectivity index (χ2v) is 8.04. The fourth-order valence-corrected chi connectivity index (χ4v) is 3.68. The van der Waals surface area contributed by atoms with Crippen LogP contribution in [0.5, 0.6) is 0 Å². The molecule has 8 heteroatoms. The molecular weight excluding hydrogens is 479 g/mol. The lowest BCUT2D eigenvalue weighted by molar-refractivity contribution is -0.146. The van der Waals surface area contributed by atoms with Crippen LogP contribution in [0.4, 0.5) is 5.69 Å². The van der Waals surface area contributed by atoms with Crippen LogP contribution in [0.1, 0.15) is 17.0 Å². The summed E-state index contributed by atoms with van der Waals surface area (Å²) in [6.07, 6.45) is -0.0451. The van der Waals surface area contributed by atoms with Gasteiger partial charge in [-0.05, 0) is 71.6 Å². The Hall–Kier alpha value is -2.20. The second kappa shape index (κ2) is 8.66. The molecule has 3 aromatic rings. The highest BCUT2D eigenvalue weighted by Gasteiger charge is 2.17. The van der Waals surface area contributed by atoms with Gasteiger partial charge in [0.1, 0.15) is 5.76 Å². The maximum Gasteiger partial charge on any atom is 0.312 e. The van der Waals surface area contributed by atoms with Crippen LogP contribution in [0.25, 0.3) is 10.8 Å². The molecule has 0 bridgehead atoms. The molecule has 2 aromatic heterocycles. The summed E-state index contributed by atoms with van der Waals surface area (Å²) in [6.45, 7) is 3.31. The van der Waals surface area contributed by atoms with Crippen molar-refractivity contribution in [1.29, 1.82) is 0 Å². The zero-order valence-corrected chi connectivity index (χ0v) is 17.7. The molecule has 0 unspecified atom stereocenters. The third kappa shape index (κ3) is 5.16. The largest absolute Gasteiger partial charge is 0.455 e. The van der Waals surface area contributed by atoms with Crippen LogP contribution in [0, 0.1) is 17.4 Å². The molecular formula is C19H17IN2O4S. The molecule has 0 aliphatic carbocycles. The first kappa shape index (κ1) is 19.6. The first-order valence-corrected chi connectivity index (χ1v) is 10.1. The van der Waals surface area contributed by atoms with Gasteiger partial charge >= 0.3 is 5.97 Å². The van der Waals surface area contributed by atoms with Gasteiger partial charge < -0.3 is 14.5 Å². The van der Waals surface area contributed by atoms with E-state index in [2.05, 4.69) is 32.9 Å². The molecule has 0 spiro atoms. The minimum atomic E-state index is -0.529. The second-order valence-electron chi connectivity index (χ2n) is 5.84. The minimum Gasteiger partial charge on any atom is -0.455 e. The molecule has 3 rings (SSSR count). The summed E-state index contributed by atoms with van der Waals surface area (Å²) in [6, 6.07) is 9.48. The molecule has 2 heterocycles. The highest BCUT2D eigenvalue weighted by Crippen LogP contribution is 2.26. The van der Waals surface area contributed by atoms with Crippen molar-refractivity contribution in [1.82, 2.24) is 4.98 Å². The molecule has 0 aliphatic heterocycles. The number of benzene rings is 1. The van der Waals surface area contributed by atoms with Crippen molar-refractivity contribution in [3.8, 4) is 10.8 Å². The average molecular weight is 496 g/mol. The first-order chi connectivity index (χ1) is 12.9. The maximum atomic E-state index is 12.0. The number of nitrogens with one attached hydrogen (secondary N) is 1. The summed E-state index contributed by atoms with van der Waals surface area (Å²) in [5.74, 6) is 0.133. The van der Waals surface area contributed by atoms with E-state index in [-0.39, 0.29) is 18.9 Å². The monoisotopic (exact) mass is 496 g/mol. The summed E-state index contributed by atoms with van der Waals surface area (Å²) >= 11 is 3.71. The fourth-order valence-electron chi connectivity index (χ4n) is 2.39. The SMILES string of the molecule is Cc1cc(I)ccc1NC(=O)COC(=O)Cc1nc(-c2cccs2)oc1C. The number of esters is 1. The number of carbonyl (C=O) groups is 2. The van der Waals surface area contributed by atoms with Crippen molar-refractivity contribution in [2.45, 2.75) is 20.3 Å². The predicted octanol–water partition coefficient (Wildman–Crippen LogP) is 4.35. The molecule has 6 nitrogen and oxygen atoms in total. The van der Waals surface area contributed by atoms with Gasteiger partial charge in [0, 0.05) is 9.26 Å². The Morgan fingerprint density at radius 2 is 2.11 bits per heavy atom. The van der Waals surface area contributed by atoms with Gasteiger partial charge in [0.05, 0.1) is 17.0 Å². The van der Waals surface area contributed by atoms with E-state index in [1.54, 1.807) is 6.92 Å². The Morgan fingerprint density at radius 1 is 1.30 bits per heavy atom. The highest BCUT2D eigenvalue weighted by atomic mass is 127. The van der Waals surface area contributed by atoms with Gasteiger partial charge in [0.2, 0.25) is 5.89 Å². The number of hydrogen-bond donors (Lipinski definition) is 1. The maximum absolute atomic E-state index is 12.0. The van der Waals surface area contributed by atoms with E-state index < -0.39 is 5.97 Å². The Balaban J connectivity index is 1.53. The molecule has 27 heavy (non-hydrogen) atoms. The van der Waals surface area contributed by atoms with Crippen LogP contribution in [-0.2, 0) is 20.7 Å². The summed E-state index contributed by atoms with van der Waals surface area (Å²) in [5.41, 5.74) is 2.16. The summed E-state index contributed by atoms with van der Waals surface area (Å²) in [4.78, 5) is 29.3. The molecule has 1 amide bonds. The normalized spacial score (nSPS) is 10.6. The van der Waals surface area contributed by atoms with Crippen LogP contribution in [0.3, 0.4) is 0 Å². The topological polar surface area (TPSA) is 81.4 Å². The molecule has 0 fully saturated rings. The number of nitrogens with zero attached hydrogens (tertiary/aromatic N) is 1. The zero-order chi connectivity index (χ0) is 19.4. The standard InChI is InChI=1S/C19H17IN2O4S/c1-11-8-13(20)5-6-14(11)21-17(23)10-25-18(24)9-15-12(2)26-19(22-15)16-4-3-7-27-16/h3-8H,9-10H2,1-2H3,(H,21,23). The van der Waals surface area contributed by atoms with Crippen molar-refractivity contribution < 1.29 is 18.7 Å². The van der Waals surface area contributed by atoms with Crippen molar-refractivity contribution in [2.24, 2.45) is 0 Å². The van der Waals surface area contributed by atoms with Crippen LogP contribution in [0.15, 0.2) is 40.1 Å². The van der Waals surface area contributed by atoms with E-state index in [9.17, 15) is 9.59 Å². The van der Waals surface area contributed by atoms with Gasteiger partial charge in [-0.15, -0.1) is 11.3 Å². The third-order valence-corrected chi connectivity index (χ3v) is 5.29. The van der Waals surface area contributed by atoms with Gasteiger partial charge in [0.25, 0.3) is 5.91 Å². The number of aryl methyl sites for hydroxylation is 2.